The zero-order valence-corrected chi connectivity index (χ0v) is 9.65. The summed E-state index contributed by atoms with van der Waals surface area (Å²) < 4.78 is 0. The minimum atomic E-state index is -0.667. The van der Waals surface area contributed by atoms with Gasteiger partial charge in [-0.25, -0.2) is 0 Å². The van der Waals surface area contributed by atoms with Crippen molar-refractivity contribution in [3.8, 4) is 0 Å². The molecule has 0 spiro atoms. The molecular weight excluding hydrogens is 190 g/mol. The molecule has 4 atom stereocenters. The predicted octanol–water partition coefficient (Wildman–Crippen LogP) is 1.83. The first-order valence-corrected chi connectivity index (χ1v) is 6.06. The summed E-state index contributed by atoms with van der Waals surface area (Å²) in [6, 6.07) is 0.188. The Bertz CT molecular complexity index is 242. The van der Waals surface area contributed by atoms with Gasteiger partial charge in [-0.2, -0.15) is 0 Å². The van der Waals surface area contributed by atoms with Crippen LogP contribution in [0.25, 0.3) is 0 Å². The fraction of sp³-hybridized carbons (Fsp3) is 0.917. The lowest BCUT2D eigenvalue weighted by Crippen LogP contribution is -2.39. The Hall–Kier alpha value is -0.570. The van der Waals surface area contributed by atoms with Crippen LogP contribution in [0, 0.1) is 17.8 Å². The summed E-state index contributed by atoms with van der Waals surface area (Å²) in [6.07, 6.45) is 4.09. The zero-order chi connectivity index (χ0) is 11.0. The van der Waals surface area contributed by atoms with E-state index in [1.165, 1.54) is 19.3 Å². The van der Waals surface area contributed by atoms with Gasteiger partial charge in [0.2, 0.25) is 0 Å². The number of likely N-dealkylation sites (tertiary alicyclic amines) is 1. The third kappa shape index (κ3) is 2.03. The molecule has 1 N–H and O–H groups in total. The molecule has 15 heavy (non-hydrogen) atoms. The van der Waals surface area contributed by atoms with Crippen molar-refractivity contribution in [1.82, 2.24) is 4.90 Å². The number of carboxylic acid groups (broad SMARTS) is 1. The van der Waals surface area contributed by atoms with Crippen LogP contribution in [-0.4, -0.2) is 35.1 Å². The van der Waals surface area contributed by atoms with Crippen molar-refractivity contribution < 1.29 is 9.90 Å². The van der Waals surface area contributed by atoms with Crippen molar-refractivity contribution in [2.75, 3.05) is 13.1 Å². The van der Waals surface area contributed by atoms with Gasteiger partial charge in [-0.3, -0.25) is 9.69 Å². The molecule has 2 fully saturated rings. The second kappa shape index (κ2) is 4.12. The maximum atomic E-state index is 10.9. The van der Waals surface area contributed by atoms with Gasteiger partial charge >= 0.3 is 5.97 Å². The maximum Gasteiger partial charge on any atom is 0.307 e. The molecule has 2 rings (SSSR count). The van der Waals surface area contributed by atoms with Crippen molar-refractivity contribution in [1.29, 1.82) is 0 Å². The summed E-state index contributed by atoms with van der Waals surface area (Å²) in [5, 5.41) is 8.99. The molecule has 0 aromatic rings. The summed E-state index contributed by atoms with van der Waals surface area (Å²) in [5.41, 5.74) is 0. The fourth-order valence-corrected chi connectivity index (χ4v) is 3.13. The van der Waals surface area contributed by atoms with E-state index >= 15 is 0 Å². The number of rotatable bonds is 3. The average Bonchev–Trinajstić information content (AvgIpc) is 2.74. The Kier molecular flexibility index (Phi) is 3.01. The second-order valence-corrected chi connectivity index (χ2v) is 5.27. The largest absolute Gasteiger partial charge is 0.481 e. The molecule has 0 amide bonds. The number of fused-ring (bicyclic) bond motifs is 1. The SMILES string of the molecule is CC(C(=O)O)C(C)N1CC2CCCC2C1. The zero-order valence-electron chi connectivity index (χ0n) is 9.65. The Balaban J connectivity index is 1.93. The van der Waals surface area contributed by atoms with E-state index in [9.17, 15) is 4.79 Å². The number of hydrogen-bond acceptors (Lipinski definition) is 2. The molecule has 1 heterocycles. The topological polar surface area (TPSA) is 40.5 Å². The smallest absolute Gasteiger partial charge is 0.307 e. The molecule has 1 saturated heterocycles. The number of carbonyl (C=O) groups is 1. The molecule has 2 aliphatic rings. The summed E-state index contributed by atoms with van der Waals surface area (Å²) in [4.78, 5) is 13.3. The molecule has 86 valence electrons. The monoisotopic (exact) mass is 211 g/mol. The standard InChI is InChI=1S/C12H21NO2/c1-8(12(14)15)9(2)13-6-10-4-3-5-11(10)7-13/h8-11H,3-7H2,1-2H3,(H,14,15). The van der Waals surface area contributed by atoms with Gasteiger partial charge < -0.3 is 5.11 Å². The first kappa shape index (κ1) is 10.9. The summed E-state index contributed by atoms with van der Waals surface area (Å²) >= 11 is 0. The highest BCUT2D eigenvalue weighted by Crippen LogP contribution is 2.39. The van der Waals surface area contributed by atoms with Crippen LogP contribution in [0.3, 0.4) is 0 Å². The highest BCUT2D eigenvalue weighted by molar-refractivity contribution is 5.70. The Morgan fingerprint density at radius 3 is 2.27 bits per heavy atom. The van der Waals surface area contributed by atoms with Crippen LogP contribution in [-0.2, 0) is 4.79 Å². The van der Waals surface area contributed by atoms with E-state index in [1.54, 1.807) is 0 Å². The Morgan fingerprint density at radius 2 is 1.80 bits per heavy atom. The van der Waals surface area contributed by atoms with Crippen LogP contribution in [0.1, 0.15) is 33.1 Å². The molecular formula is C12H21NO2. The van der Waals surface area contributed by atoms with Gasteiger partial charge in [0.15, 0.2) is 0 Å². The third-order valence-corrected chi connectivity index (χ3v) is 4.44. The summed E-state index contributed by atoms with van der Waals surface area (Å²) in [5.74, 6) is 0.797. The van der Waals surface area contributed by atoms with Crippen molar-refractivity contribution in [2.45, 2.75) is 39.2 Å². The second-order valence-electron chi connectivity index (χ2n) is 5.27. The van der Waals surface area contributed by atoms with Crippen LogP contribution in [0.2, 0.25) is 0 Å². The van der Waals surface area contributed by atoms with E-state index < -0.39 is 5.97 Å². The van der Waals surface area contributed by atoms with Crippen molar-refractivity contribution in [3.05, 3.63) is 0 Å². The lowest BCUT2D eigenvalue weighted by atomic mass is 10.0. The molecule has 0 radical (unpaired) electrons. The molecule has 1 aliphatic carbocycles. The number of hydrogen-bond donors (Lipinski definition) is 1. The minimum absolute atomic E-state index is 0.188. The molecule has 1 saturated carbocycles. The number of aliphatic carboxylic acids is 1. The van der Waals surface area contributed by atoms with E-state index in [0.29, 0.717) is 0 Å². The molecule has 0 aromatic carbocycles. The highest BCUT2D eigenvalue weighted by Gasteiger charge is 2.39. The van der Waals surface area contributed by atoms with Gasteiger partial charge in [-0.15, -0.1) is 0 Å². The molecule has 1 aliphatic heterocycles. The molecule has 0 bridgehead atoms. The van der Waals surface area contributed by atoms with E-state index in [0.717, 1.165) is 24.9 Å². The Labute approximate surface area is 91.5 Å². The van der Waals surface area contributed by atoms with Crippen LogP contribution in [0.15, 0.2) is 0 Å². The van der Waals surface area contributed by atoms with Crippen LogP contribution < -0.4 is 0 Å². The van der Waals surface area contributed by atoms with Gasteiger partial charge in [0.25, 0.3) is 0 Å². The van der Waals surface area contributed by atoms with E-state index in [-0.39, 0.29) is 12.0 Å². The summed E-state index contributed by atoms with van der Waals surface area (Å²) in [7, 11) is 0. The molecule has 3 nitrogen and oxygen atoms in total. The maximum absolute atomic E-state index is 10.9. The number of carboxylic acids is 1. The van der Waals surface area contributed by atoms with Gasteiger partial charge in [-0.05, 0) is 31.6 Å². The molecule has 3 heteroatoms. The minimum Gasteiger partial charge on any atom is -0.481 e. The van der Waals surface area contributed by atoms with Gasteiger partial charge in [0.1, 0.15) is 0 Å². The van der Waals surface area contributed by atoms with Crippen molar-refractivity contribution >= 4 is 5.97 Å². The van der Waals surface area contributed by atoms with Crippen LogP contribution in [0.4, 0.5) is 0 Å². The fourth-order valence-electron chi connectivity index (χ4n) is 3.13. The van der Waals surface area contributed by atoms with Crippen LogP contribution in [0.5, 0.6) is 0 Å². The van der Waals surface area contributed by atoms with Gasteiger partial charge in [-0.1, -0.05) is 13.3 Å². The van der Waals surface area contributed by atoms with E-state index in [1.807, 2.05) is 6.92 Å². The normalized spacial score (nSPS) is 35.1. The molecule has 0 aromatic heterocycles. The highest BCUT2D eigenvalue weighted by atomic mass is 16.4. The third-order valence-electron chi connectivity index (χ3n) is 4.44. The number of nitrogens with zero attached hydrogens (tertiary/aromatic N) is 1. The lowest BCUT2D eigenvalue weighted by molar-refractivity contribution is -0.143. The van der Waals surface area contributed by atoms with Crippen molar-refractivity contribution in [2.24, 2.45) is 17.8 Å². The van der Waals surface area contributed by atoms with E-state index in [4.69, 9.17) is 5.11 Å². The van der Waals surface area contributed by atoms with Gasteiger partial charge in [0.05, 0.1) is 5.92 Å². The van der Waals surface area contributed by atoms with Crippen molar-refractivity contribution in [3.63, 3.8) is 0 Å². The predicted molar refractivity (Wildman–Crippen MR) is 58.7 cm³/mol. The quantitative estimate of drug-likeness (QED) is 0.774. The lowest BCUT2D eigenvalue weighted by Gasteiger charge is -2.27. The average molecular weight is 211 g/mol. The molecule has 4 unspecified atom stereocenters. The summed E-state index contributed by atoms with van der Waals surface area (Å²) in [6.45, 7) is 6.13. The first-order valence-electron chi connectivity index (χ1n) is 6.06. The Morgan fingerprint density at radius 1 is 1.27 bits per heavy atom. The van der Waals surface area contributed by atoms with Crippen LogP contribution >= 0.6 is 0 Å². The van der Waals surface area contributed by atoms with E-state index in [2.05, 4.69) is 11.8 Å². The first-order chi connectivity index (χ1) is 7.09. The van der Waals surface area contributed by atoms with Gasteiger partial charge in [0, 0.05) is 19.1 Å².